The van der Waals surface area contributed by atoms with Crippen LogP contribution in [0, 0.1) is 5.92 Å². The largest absolute Gasteiger partial charge is 0.396 e. The van der Waals surface area contributed by atoms with Crippen LogP contribution in [0.2, 0.25) is 0 Å². The Kier molecular flexibility index (Phi) is 3.86. The molecule has 5 heteroatoms. The van der Waals surface area contributed by atoms with Crippen molar-refractivity contribution in [3.05, 3.63) is 0 Å². The van der Waals surface area contributed by atoms with Gasteiger partial charge in [0.1, 0.15) is 6.10 Å². The molecule has 0 heterocycles. The van der Waals surface area contributed by atoms with Gasteiger partial charge in [0.05, 0.1) is 12.1 Å². The number of amides is 1. The molecule has 0 bridgehead atoms. The van der Waals surface area contributed by atoms with Gasteiger partial charge < -0.3 is 20.6 Å². The minimum atomic E-state index is -0.982. The second kappa shape index (κ2) is 4.72. The number of rotatable bonds is 2. The fourth-order valence-electron chi connectivity index (χ4n) is 1.87. The number of aliphatic hydroxyl groups is 3. The highest BCUT2D eigenvalue weighted by atomic mass is 16.3. The molecule has 1 aliphatic carbocycles. The van der Waals surface area contributed by atoms with Gasteiger partial charge in [0.15, 0.2) is 0 Å². The van der Waals surface area contributed by atoms with Crippen molar-refractivity contribution in [2.24, 2.45) is 5.92 Å². The molecular formula is C9H17NO4. The molecule has 0 aromatic carbocycles. The molecule has 0 saturated heterocycles. The van der Waals surface area contributed by atoms with Gasteiger partial charge in [-0.3, -0.25) is 4.79 Å². The number of aliphatic hydroxyl groups excluding tert-OH is 3. The molecule has 4 N–H and O–H groups in total. The van der Waals surface area contributed by atoms with Crippen LogP contribution in [0.1, 0.15) is 19.8 Å². The van der Waals surface area contributed by atoms with Crippen molar-refractivity contribution < 1.29 is 20.1 Å². The maximum Gasteiger partial charge on any atom is 0.217 e. The van der Waals surface area contributed by atoms with Gasteiger partial charge in [-0.05, 0) is 12.8 Å². The van der Waals surface area contributed by atoms with Gasteiger partial charge in [-0.1, -0.05) is 0 Å². The van der Waals surface area contributed by atoms with Crippen LogP contribution in [0.4, 0.5) is 0 Å². The third-order valence-corrected chi connectivity index (χ3v) is 2.72. The summed E-state index contributed by atoms with van der Waals surface area (Å²) in [6.07, 6.45) is -0.738. The molecule has 4 atom stereocenters. The average molecular weight is 203 g/mol. The molecule has 0 aliphatic heterocycles. The van der Waals surface area contributed by atoms with Crippen molar-refractivity contribution in [3.8, 4) is 0 Å². The average Bonchev–Trinajstić information content (AvgIpc) is 2.13. The quantitative estimate of drug-likeness (QED) is 0.445. The molecule has 0 radical (unpaired) electrons. The molecule has 5 nitrogen and oxygen atoms in total. The third-order valence-electron chi connectivity index (χ3n) is 2.72. The molecule has 1 rings (SSSR count). The first-order valence-corrected chi connectivity index (χ1v) is 4.80. The summed E-state index contributed by atoms with van der Waals surface area (Å²) >= 11 is 0. The van der Waals surface area contributed by atoms with Crippen LogP contribution >= 0.6 is 0 Å². The van der Waals surface area contributed by atoms with E-state index in [1.807, 2.05) is 0 Å². The summed E-state index contributed by atoms with van der Waals surface area (Å²) in [6, 6.07) is -0.398. The smallest absolute Gasteiger partial charge is 0.217 e. The predicted octanol–water partition coefficient (Wildman–Crippen LogP) is -1.38. The van der Waals surface area contributed by atoms with E-state index in [4.69, 9.17) is 5.11 Å². The van der Waals surface area contributed by atoms with Crippen LogP contribution in [0.25, 0.3) is 0 Å². The molecule has 0 aromatic heterocycles. The monoisotopic (exact) mass is 203 g/mol. The van der Waals surface area contributed by atoms with Crippen LogP contribution in [-0.4, -0.2) is 46.1 Å². The molecule has 14 heavy (non-hydrogen) atoms. The Morgan fingerprint density at radius 2 is 2.00 bits per heavy atom. The van der Waals surface area contributed by atoms with E-state index >= 15 is 0 Å². The fourth-order valence-corrected chi connectivity index (χ4v) is 1.87. The number of hydrogen-bond acceptors (Lipinski definition) is 4. The molecule has 0 aromatic rings. The molecule has 82 valence electrons. The summed E-state index contributed by atoms with van der Waals surface area (Å²) in [5.41, 5.74) is 0. The van der Waals surface area contributed by atoms with Gasteiger partial charge >= 0.3 is 0 Å². The van der Waals surface area contributed by atoms with Crippen molar-refractivity contribution in [2.75, 3.05) is 6.61 Å². The Balaban J connectivity index is 2.54. The number of carbonyl (C=O) groups excluding carboxylic acids is 1. The predicted molar refractivity (Wildman–Crippen MR) is 49.4 cm³/mol. The molecule has 1 amide bonds. The SMILES string of the molecule is CC(=O)N[C@H]1CC[C@H](CO)[C@H](O)[C@@H]1O. The summed E-state index contributed by atoms with van der Waals surface area (Å²) in [4.78, 5) is 10.8. The normalized spacial score (nSPS) is 38.0. The molecule has 1 aliphatic rings. The zero-order chi connectivity index (χ0) is 10.7. The molecule has 0 unspecified atom stereocenters. The number of hydrogen-bond donors (Lipinski definition) is 4. The van der Waals surface area contributed by atoms with Gasteiger partial charge in [-0.15, -0.1) is 0 Å². The van der Waals surface area contributed by atoms with E-state index in [0.717, 1.165) is 0 Å². The summed E-state index contributed by atoms with van der Waals surface area (Å²) in [7, 11) is 0. The Bertz CT molecular complexity index is 209. The van der Waals surface area contributed by atoms with Crippen molar-refractivity contribution in [3.63, 3.8) is 0 Å². The van der Waals surface area contributed by atoms with Crippen LogP contribution in [0.3, 0.4) is 0 Å². The highest BCUT2D eigenvalue weighted by Crippen LogP contribution is 2.24. The first-order chi connectivity index (χ1) is 6.56. The first-order valence-electron chi connectivity index (χ1n) is 4.80. The lowest BCUT2D eigenvalue weighted by Crippen LogP contribution is -2.54. The van der Waals surface area contributed by atoms with E-state index in [2.05, 4.69) is 5.32 Å². The molecule has 1 fully saturated rings. The van der Waals surface area contributed by atoms with Gasteiger partial charge in [0.25, 0.3) is 0 Å². The molecule has 1 saturated carbocycles. The summed E-state index contributed by atoms with van der Waals surface area (Å²) in [5, 5.41) is 30.6. The Morgan fingerprint density at radius 1 is 1.36 bits per heavy atom. The van der Waals surface area contributed by atoms with E-state index in [9.17, 15) is 15.0 Å². The van der Waals surface area contributed by atoms with Gasteiger partial charge in [-0.25, -0.2) is 0 Å². The maximum absolute atomic E-state index is 10.8. The minimum Gasteiger partial charge on any atom is -0.396 e. The lowest BCUT2D eigenvalue weighted by atomic mass is 9.82. The zero-order valence-electron chi connectivity index (χ0n) is 8.18. The van der Waals surface area contributed by atoms with E-state index in [1.165, 1.54) is 6.92 Å². The van der Waals surface area contributed by atoms with Gasteiger partial charge in [0, 0.05) is 19.4 Å². The van der Waals surface area contributed by atoms with Crippen LogP contribution < -0.4 is 5.32 Å². The van der Waals surface area contributed by atoms with Gasteiger partial charge in [0.2, 0.25) is 5.91 Å². The molecular weight excluding hydrogens is 186 g/mol. The summed E-state index contributed by atoms with van der Waals surface area (Å²) in [5.74, 6) is -0.501. The summed E-state index contributed by atoms with van der Waals surface area (Å²) in [6.45, 7) is 1.24. The van der Waals surface area contributed by atoms with Crippen LogP contribution in [0.15, 0.2) is 0 Å². The third kappa shape index (κ3) is 2.43. The molecule has 0 spiro atoms. The van der Waals surface area contributed by atoms with Gasteiger partial charge in [-0.2, -0.15) is 0 Å². The second-order valence-electron chi connectivity index (χ2n) is 3.81. The first kappa shape index (κ1) is 11.4. The van der Waals surface area contributed by atoms with Crippen molar-refractivity contribution in [2.45, 2.75) is 38.0 Å². The second-order valence-corrected chi connectivity index (χ2v) is 3.81. The summed E-state index contributed by atoms with van der Waals surface area (Å²) < 4.78 is 0. The van der Waals surface area contributed by atoms with Crippen molar-refractivity contribution in [1.82, 2.24) is 5.32 Å². The van der Waals surface area contributed by atoms with Crippen LogP contribution in [-0.2, 0) is 4.79 Å². The lowest BCUT2D eigenvalue weighted by Gasteiger charge is -2.36. The lowest BCUT2D eigenvalue weighted by molar-refractivity contribution is -0.124. The Labute approximate surface area is 82.7 Å². The van der Waals surface area contributed by atoms with Crippen LogP contribution in [0.5, 0.6) is 0 Å². The van der Waals surface area contributed by atoms with Crippen molar-refractivity contribution >= 4 is 5.91 Å². The number of nitrogens with one attached hydrogen (secondary N) is 1. The van der Waals surface area contributed by atoms with Crippen molar-refractivity contribution in [1.29, 1.82) is 0 Å². The zero-order valence-corrected chi connectivity index (χ0v) is 8.18. The fraction of sp³-hybridized carbons (Fsp3) is 0.889. The maximum atomic E-state index is 10.8. The standard InChI is InChI=1S/C9H17NO4/c1-5(12)10-7-3-2-6(4-11)8(13)9(7)14/h6-9,11,13-14H,2-4H2,1H3,(H,10,12)/t6-,7+,8+,9-/m1/s1. The van der Waals surface area contributed by atoms with E-state index < -0.39 is 18.2 Å². The van der Waals surface area contributed by atoms with E-state index in [0.29, 0.717) is 12.8 Å². The number of carbonyl (C=O) groups is 1. The Hall–Kier alpha value is -0.650. The van der Waals surface area contributed by atoms with E-state index in [-0.39, 0.29) is 18.4 Å². The Morgan fingerprint density at radius 3 is 2.50 bits per heavy atom. The topological polar surface area (TPSA) is 89.8 Å². The highest BCUT2D eigenvalue weighted by molar-refractivity contribution is 5.73. The highest BCUT2D eigenvalue weighted by Gasteiger charge is 2.37. The minimum absolute atomic E-state index is 0.134. The van der Waals surface area contributed by atoms with E-state index in [1.54, 1.807) is 0 Å².